The SMILES string of the molecule is CCC(CC)c1cccc2[nH]c(=O)n(OC(C)=O)c12. The fraction of sp³-hybridized carbons (Fsp3) is 0.429. The molecule has 2 aromatic rings. The van der Waals surface area contributed by atoms with Gasteiger partial charge in [-0.1, -0.05) is 26.0 Å². The molecule has 0 amide bonds. The maximum atomic E-state index is 11.9. The van der Waals surface area contributed by atoms with Crippen molar-refractivity contribution in [1.29, 1.82) is 0 Å². The van der Waals surface area contributed by atoms with Gasteiger partial charge in [-0.25, -0.2) is 9.59 Å². The fourth-order valence-corrected chi connectivity index (χ4v) is 2.43. The van der Waals surface area contributed by atoms with Crippen molar-refractivity contribution < 1.29 is 9.63 Å². The molecule has 0 saturated heterocycles. The summed E-state index contributed by atoms with van der Waals surface area (Å²) >= 11 is 0. The summed E-state index contributed by atoms with van der Waals surface area (Å²) in [6.07, 6.45) is 1.93. The third-order valence-corrected chi connectivity index (χ3v) is 3.34. The molecule has 2 rings (SSSR count). The molecule has 0 fully saturated rings. The fourth-order valence-electron chi connectivity index (χ4n) is 2.43. The molecule has 0 unspecified atom stereocenters. The van der Waals surface area contributed by atoms with Gasteiger partial charge in [0.15, 0.2) is 0 Å². The average Bonchev–Trinajstić information content (AvgIpc) is 2.68. The van der Waals surface area contributed by atoms with Crippen molar-refractivity contribution in [3.8, 4) is 0 Å². The van der Waals surface area contributed by atoms with Gasteiger partial charge in [0.05, 0.1) is 5.52 Å². The molecule has 5 nitrogen and oxygen atoms in total. The quantitative estimate of drug-likeness (QED) is 0.918. The monoisotopic (exact) mass is 262 g/mol. The van der Waals surface area contributed by atoms with Gasteiger partial charge in [-0.15, -0.1) is 4.73 Å². The van der Waals surface area contributed by atoms with Crippen molar-refractivity contribution >= 4 is 17.0 Å². The number of rotatable bonds is 4. The second kappa shape index (κ2) is 5.30. The van der Waals surface area contributed by atoms with Crippen molar-refractivity contribution in [2.75, 3.05) is 0 Å². The maximum Gasteiger partial charge on any atom is 0.360 e. The maximum absolute atomic E-state index is 11.9. The van der Waals surface area contributed by atoms with E-state index in [1.165, 1.54) is 6.92 Å². The van der Waals surface area contributed by atoms with E-state index < -0.39 is 11.7 Å². The molecule has 0 aliphatic heterocycles. The number of carbonyl (C=O) groups excluding carboxylic acids is 1. The molecule has 1 N–H and O–H groups in total. The van der Waals surface area contributed by atoms with Crippen LogP contribution in [0.15, 0.2) is 23.0 Å². The molecule has 1 aromatic heterocycles. The van der Waals surface area contributed by atoms with Gasteiger partial charge in [-0.2, -0.15) is 0 Å². The largest absolute Gasteiger partial charge is 0.360 e. The Hall–Kier alpha value is -2.04. The minimum absolute atomic E-state index is 0.334. The molecule has 0 radical (unpaired) electrons. The van der Waals surface area contributed by atoms with Gasteiger partial charge >= 0.3 is 11.7 Å². The van der Waals surface area contributed by atoms with Crippen LogP contribution < -0.4 is 10.5 Å². The second-order valence-electron chi connectivity index (χ2n) is 4.56. The van der Waals surface area contributed by atoms with Crippen molar-refractivity contribution in [2.45, 2.75) is 39.5 Å². The van der Waals surface area contributed by atoms with Crippen molar-refractivity contribution in [3.63, 3.8) is 0 Å². The number of carbonyl (C=O) groups is 1. The minimum Gasteiger partial charge on any atom is -0.332 e. The Balaban J connectivity index is 2.71. The van der Waals surface area contributed by atoms with Gasteiger partial charge in [0, 0.05) is 6.92 Å². The highest BCUT2D eigenvalue weighted by Crippen LogP contribution is 2.28. The Morgan fingerprint density at radius 1 is 1.37 bits per heavy atom. The number of nitrogens with zero attached hydrogens (tertiary/aromatic N) is 1. The number of hydrogen-bond donors (Lipinski definition) is 1. The average molecular weight is 262 g/mol. The first-order chi connectivity index (χ1) is 9.08. The van der Waals surface area contributed by atoms with Crippen LogP contribution in [0.3, 0.4) is 0 Å². The van der Waals surface area contributed by atoms with E-state index in [1.807, 2.05) is 18.2 Å². The first-order valence-electron chi connectivity index (χ1n) is 6.51. The van der Waals surface area contributed by atoms with E-state index in [-0.39, 0.29) is 0 Å². The van der Waals surface area contributed by atoms with Crippen molar-refractivity contribution in [3.05, 3.63) is 34.2 Å². The van der Waals surface area contributed by atoms with Crippen LogP contribution in [0.4, 0.5) is 0 Å². The summed E-state index contributed by atoms with van der Waals surface area (Å²) in [5, 5.41) is 0. The van der Waals surface area contributed by atoms with E-state index in [1.54, 1.807) is 0 Å². The predicted molar refractivity (Wildman–Crippen MR) is 73.1 cm³/mol. The molecule has 102 valence electrons. The lowest BCUT2D eigenvalue weighted by Gasteiger charge is -2.14. The number of para-hydroxylation sites is 1. The van der Waals surface area contributed by atoms with Crippen LogP contribution in [-0.4, -0.2) is 15.7 Å². The normalized spacial score (nSPS) is 11.2. The number of aromatic amines is 1. The number of aromatic nitrogens is 2. The summed E-state index contributed by atoms with van der Waals surface area (Å²) in [5.41, 5.74) is 1.96. The molecule has 1 aromatic carbocycles. The van der Waals surface area contributed by atoms with E-state index in [2.05, 4.69) is 18.8 Å². The van der Waals surface area contributed by atoms with Crippen LogP contribution in [0.1, 0.15) is 45.1 Å². The number of H-pyrrole nitrogens is 1. The Bertz CT molecular complexity index is 650. The lowest BCUT2D eigenvalue weighted by molar-refractivity contribution is -0.141. The summed E-state index contributed by atoms with van der Waals surface area (Å²) in [6.45, 7) is 5.49. The Labute approximate surface area is 111 Å². The molecule has 0 bridgehead atoms. The molecule has 19 heavy (non-hydrogen) atoms. The van der Waals surface area contributed by atoms with Gasteiger partial charge in [-0.3, -0.25) is 0 Å². The predicted octanol–water partition coefficient (Wildman–Crippen LogP) is 2.21. The van der Waals surface area contributed by atoms with Gasteiger partial charge in [-0.05, 0) is 30.4 Å². The van der Waals surface area contributed by atoms with Crippen LogP contribution in [0.5, 0.6) is 0 Å². The number of hydrogen-bond acceptors (Lipinski definition) is 3. The highest BCUT2D eigenvalue weighted by molar-refractivity contribution is 5.80. The van der Waals surface area contributed by atoms with Crippen LogP contribution in [0, 0.1) is 0 Å². The molecule has 0 aliphatic carbocycles. The smallest absolute Gasteiger partial charge is 0.332 e. The summed E-state index contributed by atoms with van der Waals surface area (Å²) < 4.78 is 1.06. The third-order valence-electron chi connectivity index (χ3n) is 3.34. The van der Waals surface area contributed by atoms with Crippen molar-refractivity contribution in [1.82, 2.24) is 9.71 Å². The van der Waals surface area contributed by atoms with Gasteiger partial charge in [0.2, 0.25) is 0 Å². The standard InChI is InChI=1S/C14H18N2O3/c1-4-10(5-2)11-7-6-8-12-13(11)16(14(18)15-12)19-9(3)17/h6-8,10H,4-5H2,1-3H3,(H,15,18). The molecule has 0 aliphatic rings. The number of nitrogens with one attached hydrogen (secondary N) is 1. The van der Waals surface area contributed by atoms with Crippen LogP contribution in [0.25, 0.3) is 11.0 Å². The second-order valence-corrected chi connectivity index (χ2v) is 4.56. The molecular weight excluding hydrogens is 244 g/mol. The summed E-state index contributed by atoms with van der Waals surface area (Å²) in [5.74, 6) is -0.178. The molecule has 0 atom stereocenters. The molecule has 5 heteroatoms. The van der Waals surface area contributed by atoms with E-state index in [4.69, 9.17) is 4.84 Å². The highest BCUT2D eigenvalue weighted by atomic mass is 16.7. The Morgan fingerprint density at radius 3 is 2.63 bits per heavy atom. The van der Waals surface area contributed by atoms with E-state index in [0.29, 0.717) is 17.0 Å². The summed E-state index contributed by atoms with van der Waals surface area (Å²) in [4.78, 5) is 30.7. The molecule has 0 saturated carbocycles. The summed E-state index contributed by atoms with van der Waals surface area (Å²) in [6, 6.07) is 5.69. The van der Waals surface area contributed by atoms with Crippen LogP contribution in [0.2, 0.25) is 0 Å². The van der Waals surface area contributed by atoms with Gasteiger partial charge in [0.1, 0.15) is 5.52 Å². The third kappa shape index (κ3) is 2.41. The lowest BCUT2D eigenvalue weighted by Crippen LogP contribution is -2.27. The Morgan fingerprint density at radius 2 is 2.05 bits per heavy atom. The summed E-state index contributed by atoms with van der Waals surface area (Å²) in [7, 11) is 0. The lowest BCUT2D eigenvalue weighted by atomic mass is 9.93. The highest BCUT2D eigenvalue weighted by Gasteiger charge is 2.17. The zero-order chi connectivity index (χ0) is 14.0. The first-order valence-corrected chi connectivity index (χ1v) is 6.51. The number of fused-ring (bicyclic) bond motifs is 1. The molecular formula is C14H18N2O3. The zero-order valence-corrected chi connectivity index (χ0v) is 11.4. The van der Waals surface area contributed by atoms with E-state index in [9.17, 15) is 9.59 Å². The van der Waals surface area contributed by atoms with Gasteiger partial charge < -0.3 is 9.82 Å². The molecule has 1 heterocycles. The van der Waals surface area contributed by atoms with Crippen LogP contribution in [-0.2, 0) is 4.79 Å². The topological polar surface area (TPSA) is 64.1 Å². The van der Waals surface area contributed by atoms with Gasteiger partial charge in [0.25, 0.3) is 0 Å². The zero-order valence-electron chi connectivity index (χ0n) is 11.4. The molecule has 0 spiro atoms. The Kier molecular flexibility index (Phi) is 3.74. The number of imidazole rings is 1. The van der Waals surface area contributed by atoms with Crippen molar-refractivity contribution in [2.24, 2.45) is 0 Å². The van der Waals surface area contributed by atoms with E-state index >= 15 is 0 Å². The number of benzene rings is 1. The van der Waals surface area contributed by atoms with E-state index in [0.717, 1.165) is 23.1 Å². The minimum atomic E-state index is -0.512. The van der Waals surface area contributed by atoms with Crippen LogP contribution >= 0.6 is 0 Å². The first kappa shape index (κ1) is 13.4.